The number of hydrogen-bond donors (Lipinski definition) is 0. The number of ether oxygens (including phenoxy) is 1. The van der Waals surface area contributed by atoms with E-state index in [0.29, 0.717) is 22.1 Å². The van der Waals surface area contributed by atoms with Crippen molar-refractivity contribution >= 4 is 39.2 Å². The Balaban J connectivity index is 1.59. The molecule has 0 bridgehead atoms. The molecule has 0 aliphatic heterocycles. The van der Waals surface area contributed by atoms with Gasteiger partial charge in [0.1, 0.15) is 11.6 Å². The number of benzene rings is 2. The van der Waals surface area contributed by atoms with E-state index in [9.17, 15) is 14.0 Å². The molecule has 0 atom stereocenters. The Hall–Kier alpha value is -3.52. The lowest BCUT2D eigenvalue weighted by Gasteiger charge is -2.32. The normalized spacial score (nSPS) is 14.2. The molecule has 0 saturated heterocycles. The number of rotatable bonds is 6. The molecule has 4 aromatic rings. The summed E-state index contributed by atoms with van der Waals surface area (Å²) in [6.45, 7) is 1.81. The number of anilines is 1. The maximum atomic E-state index is 14.5. The summed E-state index contributed by atoms with van der Waals surface area (Å²) >= 11 is 1.46. The molecule has 1 amide bonds. The van der Waals surface area contributed by atoms with Gasteiger partial charge in [-0.05, 0) is 55.7 Å². The standard InChI is InChI=1S/C28H28FN3O3S/c1-18-22(17-26(33)32(28-30-14-15-36-28)19-8-4-3-5-9-19)23-16-20(35-2)12-13-25(23)31(18)27(34)21-10-6-7-11-24(21)29/h6-7,10-16,19H,3-5,8-9,17H2,1-2H3. The summed E-state index contributed by atoms with van der Waals surface area (Å²) in [7, 11) is 1.58. The molecule has 2 heterocycles. The van der Waals surface area contributed by atoms with Crippen molar-refractivity contribution < 1.29 is 18.7 Å². The molecule has 1 fully saturated rings. The number of hydrogen-bond acceptors (Lipinski definition) is 5. The van der Waals surface area contributed by atoms with Gasteiger partial charge in [0.05, 0.1) is 24.6 Å². The number of amides is 1. The minimum Gasteiger partial charge on any atom is -0.497 e. The number of carbonyl (C=O) groups is 2. The molecule has 0 radical (unpaired) electrons. The van der Waals surface area contributed by atoms with Crippen LogP contribution in [0.15, 0.2) is 54.0 Å². The van der Waals surface area contributed by atoms with Crippen molar-refractivity contribution in [3.63, 3.8) is 0 Å². The Bertz CT molecular complexity index is 1410. The van der Waals surface area contributed by atoms with Gasteiger partial charge in [-0.1, -0.05) is 31.4 Å². The second-order valence-electron chi connectivity index (χ2n) is 9.11. The van der Waals surface area contributed by atoms with E-state index in [0.717, 1.165) is 36.6 Å². The Morgan fingerprint density at radius 1 is 1.17 bits per heavy atom. The topological polar surface area (TPSA) is 64.4 Å². The number of carbonyl (C=O) groups excluding carboxylic acids is 2. The fourth-order valence-electron chi connectivity index (χ4n) is 5.21. The van der Waals surface area contributed by atoms with Crippen molar-refractivity contribution in [1.82, 2.24) is 9.55 Å². The molecule has 1 aliphatic carbocycles. The molecule has 0 spiro atoms. The van der Waals surface area contributed by atoms with Crippen LogP contribution in [0.25, 0.3) is 10.9 Å². The van der Waals surface area contributed by atoms with Gasteiger partial charge in [-0.25, -0.2) is 9.37 Å². The van der Waals surface area contributed by atoms with Crippen LogP contribution in [0.4, 0.5) is 9.52 Å². The van der Waals surface area contributed by atoms with E-state index >= 15 is 0 Å². The zero-order valence-electron chi connectivity index (χ0n) is 20.4. The largest absolute Gasteiger partial charge is 0.497 e. The summed E-state index contributed by atoms with van der Waals surface area (Å²) in [4.78, 5) is 33.7. The highest BCUT2D eigenvalue weighted by Gasteiger charge is 2.31. The number of nitrogens with zero attached hydrogens (tertiary/aromatic N) is 3. The zero-order chi connectivity index (χ0) is 25.2. The third kappa shape index (κ3) is 4.41. The maximum Gasteiger partial charge on any atom is 0.265 e. The van der Waals surface area contributed by atoms with E-state index in [-0.39, 0.29) is 23.9 Å². The molecule has 186 valence electrons. The Labute approximate surface area is 213 Å². The van der Waals surface area contributed by atoms with Gasteiger partial charge < -0.3 is 4.74 Å². The highest BCUT2D eigenvalue weighted by molar-refractivity contribution is 7.13. The number of aromatic nitrogens is 2. The van der Waals surface area contributed by atoms with E-state index in [1.807, 2.05) is 23.3 Å². The predicted molar refractivity (Wildman–Crippen MR) is 140 cm³/mol. The van der Waals surface area contributed by atoms with Crippen LogP contribution in [-0.2, 0) is 11.2 Å². The van der Waals surface area contributed by atoms with Crippen LogP contribution in [0.3, 0.4) is 0 Å². The first kappa shape index (κ1) is 24.2. The molecule has 5 rings (SSSR count). The van der Waals surface area contributed by atoms with Crippen molar-refractivity contribution in [3.05, 3.63) is 76.7 Å². The third-order valence-corrected chi connectivity index (χ3v) is 7.78. The average Bonchev–Trinajstić information content (AvgIpc) is 3.51. The summed E-state index contributed by atoms with van der Waals surface area (Å²) in [5.41, 5.74) is 1.94. The van der Waals surface area contributed by atoms with Gasteiger partial charge in [-0.3, -0.25) is 19.1 Å². The van der Waals surface area contributed by atoms with Crippen molar-refractivity contribution in [2.75, 3.05) is 12.0 Å². The van der Waals surface area contributed by atoms with Gasteiger partial charge in [0.2, 0.25) is 5.91 Å². The fraction of sp³-hybridized carbons (Fsp3) is 0.321. The Kier molecular flexibility index (Phi) is 6.87. The number of thiazole rings is 1. The van der Waals surface area contributed by atoms with Crippen LogP contribution in [0.2, 0.25) is 0 Å². The van der Waals surface area contributed by atoms with Crippen LogP contribution < -0.4 is 9.64 Å². The lowest BCUT2D eigenvalue weighted by atomic mass is 9.94. The van der Waals surface area contributed by atoms with Crippen molar-refractivity contribution in [1.29, 1.82) is 0 Å². The molecule has 36 heavy (non-hydrogen) atoms. The van der Waals surface area contributed by atoms with Crippen LogP contribution in [0, 0.1) is 12.7 Å². The second-order valence-corrected chi connectivity index (χ2v) is 9.99. The Morgan fingerprint density at radius 3 is 2.64 bits per heavy atom. The summed E-state index contributed by atoms with van der Waals surface area (Å²) in [6.07, 6.45) is 7.08. The lowest BCUT2D eigenvalue weighted by Crippen LogP contribution is -2.42. The van der Waals surface area contributed by atoms with Gasteiger partial charge in [-0.15, -0.1) is 11.3 Å². The number of methoxy groups -OCH3 is 1. The average molecular weight is 506 g/mol. The van der Waals surface area contributed by atoms with Crippen LogP contribution >= 0.6 is 11.3 Å². The predicted octanol–water partition coefficient (Wildman–Crippen LogP) is 6.15. The highest BCUT2D eigenvalue weighted by atomic mass is 32.1. The first-order valence-electron chi connectivity index (χ1n) is 12.2. The maximum absolute atomic E-state index is 14.5. The SMILES string of the molecule is COc1ccc2c(c1)c(CC(=O)N(c1nccs1)C1CCCCC1)c(C)n2C(=O)c1ccccc1F. The molecule has 1 aliphatic rings. The third-order valence-electron chi connectivity index (χ3n) is 7.01. The molecule has 2 aromatic heterocycles. The van der Waals surface area contributed by atoms with Gasteiger partial charge in [0.25, 0.3) is 5.91 Å². The van der Waals surface area contributed by atoms with Crippen LogP contribution in [0.5, 0.6) is 5.75 Å². The molecule has 1 saturated carbocycles. The summed E-state index contributed by atoms with van der Waals surface area (Å²) in [5, 5.41) is 3.33. The lowest BCUT2D eigenvalue weighted by molar-refractivity contribution is -0.118. The quantitative estimate of drug-likeness (QED) is 0.315. The molecule has 0 N–H and O–H groups in total. The Morgan fingerprint density at radius 2 is 1.94 bits per heavy atom. The van der Waals surface area contributed by atoms with Gasteiger partial charge in [0, 0.05) is 28.7 Å². The fourth-order valence-corrected chi connectivity index (χ4v) is 5.94. The van der Waals surface area contributed by atoms with E-state index in [2.05, 4.69) is 4.98 Å². The molecule has 2 aromatic carbocycles. The minimum atomic E-state index is -0.581. The molecule has 6 nitrogen and oxygen atoms in total. The van der Waals surface area contributed by atoms with E-state index in [1.54, 1.807) is 37.6 Å². The minimum absolute atomic E-state index is 0.0159. The van der Waals surface area contributed by atoms with Crippen molar-refractivity contribution in [3.8, 4) is 5.75 Å². The zero-order valence-corrected chi connectivity index (χ0v) is 21.2. The second kappa shape index (κ2) is 10.2. The van der Waals surface area contributed by atoms with Crippen molar-refractivity contribution in [2.45, 2.75) is 51.5 Å². The molecular weight excluding hydrogens is 477 g/mol. The molecular formula is C28H28FN3O3S. The summed E-state index contributed by atoms with van der Waals surface area (Å²) < 4.78 is 21.5. The van der Waals surface area contributed by atoms with E-state index in [4.69, 9.17) is 4.74 Å². The van der Waals surface area contributed by atoms with E-state index in [1.165, 1.54) is 34.5 Å². The van der Waals surface area contributed by atoms with Crippen molar-refractivity contribution in [2.24, 2.45) is 0 Å². The van der Waals surface area contributed by atoms with Gasteiger partial charge in [-0.2, -0.15) is 0 Å². The van der Waals surface area contributed by atoms with Gasteiger partial charge >= 0.3 is 0 Å². The number of fused-ring (bicyclic) bond motifs is 1. The molecule has 8 heteroatoms. The van der Waals surface area contributed by atoms with E-state index < -0.39 is 11.7 Å². The molecule has 0 unspecified atom stereocenters. The first-order valence-corrected chi connectivity index (χ1v) is 13.1. The first-order chi connectivity index (χ1) is 17.5. The number of halogens is 1. The monoisotopic (exact) mass is 505 g/mol. The summed E-state index contributed by atoms with van der Waals surface area (Å²) in [6, 6.07) is 11.4. The van der Waals surface area contributed by atoms with Crippen LogP contribution in [-0.4, -0.2) is 34.5 Å². The van der Waals surface area contributed by atoms with Crippen LogP contribution in [0.1, 0.15) is 53.7 Å². The summed E-state index contributed by atoms with van der Waals surface area (Å²) in [5.74, 6) is -0.485. The van der Waals surface area contributed by atoms with Gasteiger partial charge in [0.15, 0.2) is 5.13 Å². The highest BCUT2D eigenvalue weighted by Crippen LogP contribution is 2.34. The smallest absolute Gasteiger partial charge is 0.265 e.